The minimum absolute atomic E-state index is 0.0802. The molecule has 118 valence electrons. The lowest BCUT2D eigenvalue weighted by Gasteiger charge is -2.35. The normalized spacial score (nSPS) is 19.6. The minimum atomic E-state index is -0.0802. The summed E-state index contributed by atoms with van der Waals surface area (Å²) >= 11 is 0. The number of ether oxygens (including phenoxy) is 1. The van der Waals surface area contributed by atoms with Gasteiger partial charge >= 0.3 is 5.95 Å². The molecule has 5 heteroatoms. The molecule has 0 bridgehead atoms. The molecule has 1 aromatic heterocycles. The summed E-state index contributed by atoms with van der Waals surface area (Å²) in [5.41, 5.74) is -0.160. The van der Waals surface area contributed by atoms with Crippen LogP contribution in [0.3, 0.4) is 0 Å². The highest BCUT2D eigenvalue weighted by Crippen LogP contribution is 2.27. The first-order valence-corrected chi connectivity index (χ1v) is 7.72. The lowest BCUT2D eigenvalue weighted by molar-refractivity contribution is 0.0491. The Hall–Kier alpha value is -1.07. The summed E-state index contributed by atoms with van der Waals surface area (Å²) in [6.45, 7) is 16.3. The molecule has 0 unspecified atom stereocenters. The number of rotatable bonds is 1. The van der Waals surface area contributed by atoms with Crippen LogP contribution in [0.25, 0.3) is 0 Å². The third kappa shape index (κ3) is 3.58. The zero-order valence-corrected chi connectivity index (χ0v) is 14.5. The Morgan fingerprint density at radius 3 is 1.62 bits per heavy atom. The highest BCUT2D eigenvalue weighted by Gasteiger charge is 2.35. The van der Waals surface area contributed by atoms with Crippen LogP contribution in [0.4, 0.5) is 5.95 Å². The Balaban J connectivity index is 2.55. The fraction of sp³-hybridized carbons (Fsp3) is 0.812. The van der Waals surface area contributed by atoms with Gasteiger partial charge in [-0.15, -0.1) is 0 Å². The van der Waals surface area contributed by atoms with Gasteiger partial charge in [-0.1, -0.05) is 41.5 Å². The Morgan fingerprint density at radius 2 is 1.24 bits per heavy atom. The molecule has 0 radical (unpaired) electrons. The molecule has 0 spiro atoms. The number of hydrogen-bond acceptors (Lipinski definition) is 4. The van der Waals surface area contributed by atoms with E-state index in [2.05, 4.69) is 48.6 Å². The van der Waals surface area contributed by atoms with Crippen LogP contribution < -0.4 is 4.48 Å². The van der Waals surface area contributed by atoms with Gasteiger partial charge < -0.3 is 4.74 Å². The summed E-state index contributed by atoms with van der Waals surface area (Å²) in [6.07, 6.45) is 0. The molecule has 0 saturated carbocycles. The highest BCUT2D eigenvalue weighted by molar-refractivity contribution is 5.28. The molecule has 5 nitrogen and oxygen atoms in total. The molecule has 1 saturated heterocycles. The molecule has 2 rings (SSSR count). The second-order valence-corrected chi connectivity index (χ2v) is 8.24. The fourth-order valence-corrected chi connectivity index (χ4v) is 2.22. The van der Waals surface area contributed by atoms with Crippen molar-refractivity contribution < 1.29 is 4.74 Å². The van der Waals surface area contributed by atoms with Gasteiger partial charge in [0, 0.05) is 10.8 Å². The lowest BCUT2D eigenvalue weighted by Crippen LogP contribution is -2.54. The van der Waals surface area contributed by atoms with Crippen LogP contribution >= 0.6 is 0 Å². The maximum atomic E-state index is 5.49. The summed E-state index contributed by atoms with van der Waals surface area (Å²) in [5, 5.41) is 0. The summed E-state index contributed by atoms with van der Waals surface area (Å²) in [4.78, 5) is 14.4. The van der Waals surface area contributed by atoms with Gasteiger partial charge in [-0.2, -0.15) is 9.97 Å². The molecule has 1 aliphatic rings. The van der Waals surface area contributed by atoms with Crippen molar-refractivity contribution in [3.05, 3.63) is 11.6 Å². The molecule has 0 atom stereocenters. The lowest BCUT2D eigenvalue weighted by atomic mass is 9.93. The van der Waals surface area contributed by atoms with Crippen molar-refractivity contribution in [2.75, 3.05) is 33.4 Å². The number of morpholine rings is 1. The van der Waals surface area contributed by atoms with Gasteiger partial charge in [0.25, 0.3) is 0 Å². The van der Waals surface area contributed by atoms with Gasteiger partial charge in [-0.05, 0) is 0 Å². The molecule has 0 N–H and O–H groups in total. The first-order chi connectivity index (χ1) is 9.52. The highest BCUT2D eigenvalue weighted by atomic mass is 16.5. The third-order valence-electron chi connectivity index (χ3n) is 3.91. The molecule has 1 aliphatic heterocycles. The van der Waals surface area contributed by atoms with Crippen LogP contribution in [-0.4, -0.2) is 48.3 Å². The SMILES string of the molecule is CC(C)(C)c1nc(C(C)(C)C)nc([N+]2(C)CCOCC2)n1. The number of nitrogens with zero attached hydrogens (tertiary/aromatic N) is 4. The zero-order chi connectivity index (χ0) is 15.9. The molecular weight excluding hydrogens is 264 g/mol. The van der Waals surface area contributed by atoms with Gasteiger partial charge in [0.15, 0.2) is 0 Å². The van der Waals surface area contributed by atoms with E-state index < -0.39 is 0 Å². The standard InChI is InChI=1S/C16H29N4O/c1-15(2,3)12-17-13(16(4,5)6)19-14(18-12)20(7)8-10-21-11-9-20/h8-11H2,1-7H3/q+1. The molecular formula is C16H29N4O+. The van der Waals surface area contributed by atoms with Gasteiger partial charge in [0.05, 0.1) is 20.3 Å². The smallest absolute Gasteiger partial charge is 0.332 e. The van der Waals surface area contributed by atoms with Crippen LogP contribution in [0.2, 0.25) is 0 Å². The van der Waals surface area contributed by atoms with Crippen LogP contribution in [0.5, 0.6) is 0 Å². The summed E-state index contributed by atoms with van der Waals surface area (Å²) < 4.78 is 6.23. The van der Waals surface area contributed by atoms with Gasteiger partial charge in [0.2, 0.25) is 0 Å². The fourth-order valence-electron chi connectivity index (χ4n) is 2.22. The predicted molar refractivity (Wildman–Crippen MR) is 85.5 cm³/mol. The summed E-state index contributed by atoms with van der Waals surface area (Å²) in [7, 11) is 2.19. The van der Waals surface area contributed by atoms with Crippen LogP contribution in [0.15, 0.2) is 0 Å². The number of aromatic nitrogens is 3. The predicted octanol–water partition coefficient (Wildman–Crippen LogP) is 2.43. The minimum Gasteiger partial charge on any atom is -0.370 e. The van der Waals surface area contributed by atoms with Gasteiger partial charge in [0.1, 0.15) is 24.7 Å². The number of likely N-dealkylation sites (N-methyl/N-ethyl adjacent to an activating group) is 1. The van der Waals surface area contributed by atoms with Crippen molar-refractivity contribution in [2.24, 2.45) is 0 Å². The van der Waals surface area contributed by atoms with Crippen LogP contribution in [-0.2, 0) is 15.6 Å². The number of quaternary nitrogens is 1. The van der Waals surface area contributed by atoms with Gasteiger partial charge in [-0.25, -0.2) is 4.98 Å². The molecule has 21 heavy (non-hydrogen) atoms. The topological polar surface area (TPSA) is 47.9 Å². The molecule has 0 amide bonds. The maximum Gasteiger partial charge on any atom is 0.332 e. The Morgan fingerprint density at radius 1 is 0.810 bits per heavy atom. The van der Waals surface area contributed by atoms with Crippen molar-refractivity contribution in [1.29, 1.82) is 0 Å². The van der Waals surface area contributed by atoms with E-state index in [9.17, 15) is 0 Å². The molecule has 1 aromatic rings. The average Bonchev–Trinajstić information content (AvgIpc) is 2.37. The zero-order valence-electron chi connectivity index (χ0n) is 14.5. The molecule has 0 aliphatic carbocycles. The Labute approximate surface area is 128 Å². The molecule has 1 fully saturated rings. The summed E-state index contributed by atoms with van der Waals surface area (Å²) in [5.74, 6) is 2.63. The van der Waals surface area contributed by atoms with E-state index in [1.165, 1.54) is 0 Å². The number of hydrogen-bond donors (Lipinski definition) is 0. The second kappa shape index (κ2) is 5.29. The van der Waals surface area contributed by atoms with E-state index in [0.29, 0.717) is 0 Å². The Kier molecular flexibility index (Phi) is 4.10. The first-order valence-electron chi connectivity index (χ1n) is 7.72. The van der Waals surface area contributed by atoms with E-state index in [4.69, 9.17) is 19.7 Å². The van der Waals surface area contributed by atoms with Crippen molar-refractivity contribution in [1.82, 2.24) is 19.4 Å². The van der Waals surface area contributed by atoms with E-state index in [0.717, 1.165) is 48.4 Å². The maximum absolute atomic E-state index is 5.49. The average molecular weight is 293 g/mol. The van der Waals surface area contributed by atoms with E-state index in [1.54, 1.807) is 0 Å². The van der Waals surface area contributed by atoms with Gasteiger partial charge in [-0.3, -0.25) is 4.48 Å². The van der Waals surface area contributed by atoms with Crippen LogP contribution in [0.1, 0.15) is 53.2 Å². The van der Waals surface area contributed by atoms with E-state index in [-0.39, 0.29) is 10.8 Å². The van der Waals surface area contributed by atoms with E-state index >= 15 is 0 Å². The second-order valence-electron chi connectivity index (χ2n) is 8.24. The summed E-state index contributed by atoms with van der Waals surface area (Å²) in [6, 6.07) is 0. The van der Waals surface area contributed by atoms with Crippen LogP contribution in [0, 0.1) is 0 Å². The van der Waals surface area contributed by atoms with E-state index in [1.807, 2.05) is 0 Å². The van der Waals surface area contributed by atoms with Crippen molar-refractivity contribution in [3.63, 3.8) is 0 Å². The molecule has 0 aromatic carbocycles. The first kappa shape index (κ1) is 16.3. The van der Waals surface area contributed by atoms with Crippen molar-refractivity contribution >= 4 is 5.95 Å². The van der Waals surface area contributed by atoms with Crippen molar-refractivity contribution in [3.8, 4) is 0 Å². The molecule has 2 heterocycles. The third-order valence-corrected chi connectivity index (χ3v) is 3.91. The largest absolute Gasteiger partial charge is 0.370 e. The quantitative estimate of drug-likeness (QED) is 0.746. The van der Waals surface area contributed by atoms with Crippen molar-refractivity contribution in [2.45, 2.75) is 52.4 Å². The monoisotopic (exact) mass is 293 g/mol. The Bertz CT molecular complexity index is 476.